The second-order valence-corrected chi connectivity index (χ2v) is 6.55. The third-order valence-electron chi connectivity index (χ3n) is 3.77. The lowest BCUT2D eigenvalue weighted by Crippen LogP contribution is -2.36. The first kappa shape index (κ1) is 14.3. The molecule has 1 heterocycles. The van der Waals surface area contributed by atoms with Crippen molar-refractivity contribution in [2.75, 3.05) is 6.54 Å². The molecule has 0 amide bonds. The Hall–Kier alpha value is -1.15. The van der Waals surface area contributed by atoms with Crippen LogP contribution in [0.4, 0.5) is 0 Å². The molecular formula is C17H26N2. The third kappa shape index (κ3) is 3.90. The van der Waals surface area contributed by atoms with E-state index in [1.54, 1.807) is 0 Å². The largest absolute Gasteiger partial charge is 0.312 e. The topological polar surface area (TPSA) is 24.9 Å². The van der Waals surface area contributed by atoms with Crippen molar-refractivity contribution < 1.29 is 0 Å². The summed E-state index contributed by atoms with van der Waals surface area (Å²) in [6.45, 7) is 9.93. The zero-order valence-electron chi connectivity index (χ0n) is 12.7. The Morgan fingerprint density at radius 2 is 2.26 bits per heavy atom. The lowest BCUT2D eigenvalue weighted by Gasteiger charge is -2.20. The average molecular weight is 258 g/mol. The molecule has 0 radical (unpaired) electrons. The average Bonchev–Trinajstić information content (AvgIpc) is 2.77. The number of nitrogens with one attached hydrogen (secondary N) is 1. The van der Waals surface area contributed by atoms with Crippen LogP contribution in [0.5, 0.6) is 0 Å². The summed E-state index contributed by atoms with van der Waals surface area (Å²) in [5.74, 6) is 0.547. The van der Waals surface area contributed by atoms with Crippen molar-refractivity contribution in [2.45, 2.75) is 58.4 Å². The predicted molar refractivity (Wildman–Crippen MR) is 81.4 cm³/mol. The summed E-state index contributed by atoms with van der Waals surface area (Å²) in [4.78, 5) is 4.57. The highest BCUT2D eigenvalue weighted by Crippen LogP contribution is 2.36. The highest BCUT2D eigenvalue weighted by molar-refractivity contribution is 5.34. The van der Waals surface area contributed by atoms with Crippen molar-refractivity contribution in [2.24, 2.45) is 0 Å². The van der Waals surface area contributed by atoms with Crippen molar-refractivity contribution >= 4 is 0 Å². The van der Waals surface area contributed by atoms with E-state index in [1.165, 1.54) is 29.7 Å². The Labute approximate surface area is 117 Å². The van der Waals surface area contributed by atoms with Gasteiger partial charge in [0.25, 0.3) is 0 Å². The van der Waals surface area contributed by atoms with E-state index < -0.39 is 0 Å². The van der Waals surface area contributed by atoms with Crippen molar-refractivity contribution in [3.8, 4) is 0 Å². The van der Waals surface area contributed by atoms with Crippen LogP contribution in [-0.2, 0) is 6.42 Å². The molecule has 1 atom stereocenters. The first-order valence-electron chi connectivity index (χ1n) is 7.33. The van der Waals surface area contributed by atoms with Crippen molar-refractivity contribution in [3.63, 3.8) is 0 Å². The zero-order chi connectivity index (χ0) is 13.9. The molecule has 2 rings (SSSR count). The van der Waals surface area contributed by atoms with Gasteiger partial charge in [-0.3, -0.25) is 4.98 Å². The van der Waals surface area contributed by atoms with E-state index in [-0.39, 0.29) is 5.54 Å². The van der Waals surface area contributed by atoms with Crippen molar-refractivity contribution in [1.82, 2.24) is 10.3 Å². The molecule has 1 aliphatic rings. The molecule has 0 spiro atoms. The fourth-order valence-electron chi connectivity index (χ4n) is 2.75. The van der Waals surface area contributed by atoms with Gasteiger partial charge < -0.3 is 5.32 Å². The number of pyridine rings is 1. The second kappa shape index (κ2) is 5.87. The number of aromatic nitrogens is 1. The van der Waals surface area contributed by atoms with Crippen LogP contribution in [0, 0.1) is 0 Å². The molecule has 1 aromatic rings. The summed E-state index contributed by atoms with van der Waals surface area (Å²) in [5.41, 5.74) is 4.43. The van der Waals surface area contributed by atoms with Crippen LogP contribution < -0.4 is 5.32 Å². The van der Waals surface area contributed by atoms with E-state index in [1.807, 2.05) is 12.3 Å². The van der Waals surface area contributed by atoms with Gasteiger partial charge in [0.2, 0.25) is 0 Å². The van der Waals surface area contributed by atoms with Gasteiger partial charge in [-0.1, -0.05) is 17.7 Å². The predicted octanol–water partition coefficient (Wildman–Crippen LogP) is 3.84. The van der Waals surface area contributed by atoms with E-state index in [2.05, 4.69) is 50.1 Å². The molecule has 0 aromatic carbocycles. The molecule has 0 fully saturated rings. The molecule has 0 aliphatic heterocycles. The fourth-order valence-corrected chi connectivity index (χ4v) is 2.75. The van der Waals surface area contributed by atoms with Gasteiger partial charge in [-0.25, -0.2) is 0 Å². The molecule has 104 valence electrons. The van der Waals surface area contributed by atoms with E-state index in [0.29, 0.717) is 5.92 Å². The Morgan fingerprint density at radius 1 is 1.47 bits per heavy atom. The van der Waals surface area contributed by atoms with E-state index in [4.69, 9.17) is 0 Å². The molecule has 1 aromatic heterocycles. The molecule has 0 saturated carbocycles. The van der Waals surface area contributed by atoms with Crippen LogP contribution in [0.3, 0.4) is 0 Å². The van der Waals surface area contributed by atoms with Gasteiger partial charge in [-0.15, -0.1) is 0 Å². The number of rotatable bonds is 4. The molecule has 1 unspecified atom stereocenters. The number of hydrogen-bond donors (Lipinski definition) is 1. The van der Waals surface area contributed by atoms with E-state index in [0.717, 1.165) is 13.0 Å². The zero-order valence-corrected chi connectivity index (χ0v) is 12.7. The monoisotopic (exact) mass is 258 g/mol. The lowest BCUT2D eigenvalue weighted by atomic mass is 9.96. The normalized spacial score (nSPS) is 19.6. The first-order chi connectivity index (χ1) is 8.97. The second-order valence-electron chi connectivity index (χ2n) is 6.55. The van der Waals surface area contributed by atoms with Gasteiger partial charge in [-0.05, 0) is 65.1 Å². The van der Waals surface area contributed by atoms with Gasteiger partial charge in [0, 0.05) is 17.7 Å². The highest BCUT2D eigenvalue weighted by Gasteiger charge is 2.24. The summed E-state index contributed by atoms with van der Waals surface area (Å²) < 4.78 is 0. The summed E-state index contributed by atoms with van der Waals surface area (Å²) in [5, 5.41) is 3.53. The van der Waals surface area contributed by atoms with E-state index >= 15 is 0 Å². The SMILES string of the molecule is CC(=CCCNC(C)(C)C)C1CCc2cccnc21. The number of nitrogens with zero attached hydrogens (tertiary/aromatic N) is 1. The number of fused-ring (bicyclic) bond motifs is 1. The number of hydrogen-bond acceptors (Lipinski definition) is 2. The molecule has 1 aliphatic carbocycles. The quantitative estimate of drug-likeness (QED) is 0.655. The van der Waals surface area contributed by atoms with Crippen molar-refractivity contribution in [3.05, 3.63) is 41.2 Å². The van der Waals surface area contributed by atoms with Crippen LogP contribution in [0.25, 0.3) is 0 Å². The molecule has 2 nitrogen and oxygen atoms in total. The minimum atomic E-state index is 0.212. The molecule has 0 saturated heterocycles. The minimum Gasteiger partial charge on any atom is -0.312 e. The summed E-state index contributed by atoms with van der Waals surface area (Å²) >= 11 is 0. The molecule has 0 bridgehead atoms. The van der Waals surface area contributed by atoms with Crippen LogP contribution in [0.2, 0.25) is 0 Å². The van der Waals surface area contributed by atoms with Crippen LogP contribution in [0.15, 0.2) is 30.0 Å². The number of aryl methyl sites for hydroxylation is 1. The molecule has 1 N–H and O–H groups in total. The summed E-state index contributed by atoms with van der Waals surface area (Å²) in [6, 6.07) is 4.27. The highest BCUT2D eigenvalue weighted by atomic mass is 14.9. The van der Waals surface area contributed by atoms with Gasteiger partial charge in [0.05, 0.1) is 5.69 Å². The first-order valence-corrected chi connectivity index (χ1v) is 7.33. The van der Waals surface area contributed by atoms with Crippen LogP contribution in [0.1, 0.15) is 57.7 Å². The van der Waals surface area contributed by atoms with Gasteiger partial charge in [0.1, 0.15) is 0 Å². The Balaban J connectivity index is 1.92. The Bertz CT molecular complexity index is 455. The minimum absolute atomic E-state index is 0.212. The standard InChI is InChI=1S/C17H26N2/c1-13(7-5-12-19-17(2,3)4)15-10-9-14-8-6-11-18-16(14)15/h6-8,11,15,19H,5,9-10,12H2,1-4H3. The Morgan fingerprint density at radius 3 is 3.00 bits per heavy atom. The number of allylic oxidation sites excluding steroid dienone is 1. The molecule has 2 heteroatoms. The van der Waals surface area contributed by atoms with Crippen molar-refractivity contribution in [1.29, 1.82) is 0 Å². The molecular weight excluding hydrogens is 232 g/mol. The van der Waals surface area contributed by atoms with Gasteiger partial charge in [0.15, 0.2) is 0 Å². The lowest BCUT2D eigenvalue weighted by molar-refractivity contribution is 0.431. The third-order valence-corrected chi connectivity index (χ3v) is 3.77. The van der Waals surface area contributed by atoms with Gasteiger partial charge in [-0.2, -0.15) is 0 Å². The van der Waals surface area contributed by atoms with E-state index in [9.17, 15) is 0 Å². The van der Waals surface area contributed by atoms with Gasteiger partial charge >= 0.3 is 0 Å². The smallest absolute Gasteiger partial charge is 0.0506 e. The summed E-state index contributed by atoms with van der Waals surface area (Å²) in [7, 11) is 0. The Kier molecular flexibility index (Phi) is 4.41. The maximum Gasteiger partial charge on any atom is 0.0506 e. The van der Waals surface area contributed by atoms with Crippen LogP contribution >= 0.6 is 0 Å². The maximum atomic E-state index is 4.57. The summed E-state index contributed by atoms with van der Waals surface area (Å²) in [6.07, 6.45) is 7.81. The van der Waals surface area contributed by atoms with Crippen LogP contribution in [-0.4, -0.2) is 17.1 Å². The molecule has 19 heavy (non-hydrogen) atoms. The fraction of sp³-hybridized carbons (Fsp3) is 0.588. The maximum absolute atomic E-state index is 4.57.